The molecule has 2 aromatic heterocycles. The molecule has 1 unspecified atom stereocenters. The van der Waals surface area contributed by atoms with E-state index in [2.05, 4.69) is 29.2 Å². The van der Waals surface area contributed by atoms with Gasteiger partial charge in [0, 0.05) is 33.3 Å². The minimum absolute atomic E-state index is 0.201. The van der Waals surface area contributed by atoms with Gasteiger partial charge in [-0.2, -0.15) is 0 Å². The summed E-state index contributed by atoms with van der Waals surface area (Å²) in [5.41, 5.74) is 2.78. The van der Waals surface area contributed by atoms with Gasteiger partial charge in [0.25, 0.3) is 5.79 Å². The highest BCUT2D eigenvalue weighted by molar-refractivity contribution is 7.15. The molecule has 5 rings (SSSR count). The van der Waals surface area contributed by atoms with Crippen molar-refractivity contribution in [3.05, 3.63) is 77.3 Å². The number of rotatable bonds is 6. The Balaban J connectivity index is 1.45. The van der Waals surface area contributed by atoms with Gasteiger partial charge >= 0.3 is 0 Å². The molecule has 178 valence electrons. The Kier molecular flexibility index (Phi) is 6.17. The number of nitrogens with one attached hydrogen (secondary N) is 1. The highest BCUT2D eigenvalue weighted by atomic mass is 32.1. The summed E-state index contributed by atoms with van der Waals surface area (Å²) >= 11 is 1.68. The number of aliphatic hydroxyl groups excluding tert-OH is 4. The quantitative estimate of drug-likeness (QED) is 0.231. The molecule has 5 atom stereocenters. The highest BCUT2D eigenvalue weighted by Crippen LogP contribution is 2.38. The van der Waals surface area contributed by atoms with Gasteiger partial charge in [0.2, 0.25) is 6.29 Å². The van der Waals surface area contributed by atoms with E-state index in [9.17, 15) is 25.5 Å². The van der Waals surface area contributed by atoms with Crippen molar-refractivity contribution in [2.24, 2.45) is 0 Å². The van der Waals surface area contributed by atoms with E-state index in [0.29, 0.717) is 11.8 Å². The maximum Gasteiger partial charge on any atom is 0.288 e. The predicted molar refractivity (Wildman–Crippen MR) is 126 cm³/mol. The van der Waals surface area contributed by atoms with Crippen LogP contribution in [0.1, 0.15) is 10.4 Å². The Bertz CT molecular complexity index is 1270. The third kappa shape index (κ3) is 4.01. The van der Waals surface area contributed by atoms with Crippen LogP contribution in [0.25, 0.3) is 21.3 Å². The summed E-state index contributed by atoms with van der Waals surface area (Å²) in [6.45, 7) is -0.644. The van der Waals surface area contributed by atoms with Crippen molar-refractivity contribution in [1.82, 2.24) is 4.98 Å². The van der Waals surface area contributed by atoms with Crippen LogP contribution in [-0.2, 0) is 11.2 Å². The minimum atomic E-state index is -2.64. The first-order chi connectivity index (χ1) is 16.4. The van der Waals surface area contributed by atoms with Crippen molar-refractivity contribution in [2.45, 2.75) is 36.8 Å². The summed E-state index contributed by atoms with van der Waals surface area (Å²) in [6, 6.07) is 19.4. The van der Waals surface area contributed by atoms with E-state index < -0.39 is 37.0 Å². The number of aromatic amines is 1. The average Bonchev–Trinajstić information content (AvgIpc) is 3.49. The van der Waals surface area contributed by atoms with Crippen LogP contribution in [0.4, 0.5) is 0 Å². The van der Waals surface area contributed by atoms with Crippen molar-refractivity contribution < 1.29 is 35.0 Å². The summed E-state index contributed by atoms with van der Waals surface area (Å²) in [7, 11) is 0. The number of hydrogen-bond acceptors (Lipinski definition) is 8. The fourth-order valence-corrected chi connectivity index (χ4v) is 5.27. The van der Waals surface area contributed by atoms with Crippen molar-refractivity contribution in [2.75, 3.05) is 6.61 Å². The van der Waals surface area contributed by atoms with E-state index in [1.54, 1.807) is 23.5 Å². The number of aromatic nitrogens is 1. The number of H-pyrrole nitrogens is 1. The number of fused-ring (bicyclic) bond motifs is 1. The maximum atomic E-state index is 11.0. The van der Waals surface area contributed by atoms with Crippen LogP contribution in [-0.4, -0.2) is 67.5 Å². The van der Waals surface area contributed by atoms with Gasteiger partial charge in [-0.05, 0) is 35.4 Å². The van der Waals surface area contributed by atoms with Crippen molar-refractivity contribution >= 4 is 22.2 Å². The van der Waals surface area contributed by atoms with Crippen LogP contribution in [0.15, 0.2) is 66.9 Å². The molecule has 1 saturated heterocycles. The summed E-state index contributed by atoms with van der Waals surface area (Å²) in [5.74, 6) is -2.44. The molecule has 6 N–H and O–H groups in total. The van der Waals surface area contributed by atoms with Crippen molar-refractivity contribution in [3.63, 3.8) is 0 Å². The van der Waals surface area contributed by atoms with Crippen LogP contribution in [0.2, 0.25) is 0 Å². The van der Waals surface area contributed by atoms with E-state index in [1.807, 2.05) is 30.5 Å². The zero-order valence-corrected chi connectivity index (χ0v) is 18.9. The zero-order valence-electron chi connectivity index (χ0n) is 18.0. The lowest BCUT2D eigenvalue weighted by atomic mass is 9.95. The highest BCUT2D eigenvalue weighted by Gasteiger charge is 2.57. The van der Waals surface area contributed by atoms with Gasteiger partial charge in [-0.25, -0.2) is 0 Å². The van der Waals surface area contributed by atoms with Gasteiger partial charge < -0.3 is 40.0 Å². The van der Waals surface area contributed by atoms with Gasteiger partial charge in [-0.3, -0.25) is 0 Å². The van der Waals surface area contributed by atoms with Gasteiger partial charge in [0.05, 0.1) is 6.61 Å². The molecule has 0 aliphatic carbocycles. The van der Waals surface area contributed by atoms with Crippen LogP contribution in [0.5, 0.6) is 5.75 Å². The zero-order chi connectivity index (χ0) is 23.9. The number of hydrogen-bond donors (Lipinski definition) is 6. The van der Waals surface area contributed by atoms with Crippen molar-refractivity contribution in [1.29, 1.82) is 0 Å². The van der Waals surface area contributed by atoms with Crippen LogP contribution in [0.3, 0.4) is 0 Å². The molecule has 0 bridgehead atoms. The predicted octanol–water partition coefficient (Wildman–Crippen LogP) is 1.99. The largest absolute Gasteiger partial charge is 0.454 e. The molecule has 2 aromatic carbocycles. The molecule has 34 heavy (non-hydrogen) atoms. The molecular formula is C25H25NO7S. The first kappa shape index (κ1) is 23.0. The lowest BCUT2D eigenvalue weighted by Crippen LogP contribution is -2.69. The molecular weight excluding hydrogens is 458 g/mol. The Hall–Kier alpha value is -2.76. The normalized spacial score (nSPS) is 27.2. The number of ether oxygens (including phenoxy) is 2. The van der Waals surface area contributed by atoms with E-state index in [4.69, 9.17) is 9.47 Å². The summed E-state index contributed by atoms with van der Waals surface area (Å²) < 4.78 is 10.8. The summed E-state index contributed by atoms with van der Waals surface area (Å²) in [5, 5.41) is 51.9. The van der Waals surface area contributed by atoms with Crippen LogP contribution in [0, 0.1) is 0 Å². The number of aliphatic hydroxyl groups is 5. The number of benzene rings is 2. The summed E-state index contributed by atoms with van der Waals surface area (Å²) in [4.78, 5) is 5.46. The van der Waals surface area contributed by atoms with Crippen LogP contribution >= 0.6 is 11.3 Å². The molecule has 1 aliphatic heterocycles. The van der Waals surface area contributed by atoms with E-state index >= 15 is 0 Å². The molecule has 8 nitrogen and oxygen atoms in total. The third-order valence-corrected chi connectivity index (χ3v) is 7.21. The minimum Gasteiger partial charge on any atom is -0.454 e. The molecule has 0 radical (unpaired) electrons. The number of thiophene rings is 1. The molecule has 1 aliphatic rings. The fraction of sp³-hybridized carbons (Fsp3) is 0.280. The Labute approximate surface area is 199 Å². The smallest absolute Gasteiger partial charge is 0.288 e. The second-order valence-corrected chi connectivity index (χ2v) is 9.47. The standard InChI is InChI=1S/C25H25NO7S/c27-13-19-22(28)23(29)25(31,24(30)32-19)33-18-8-4-7-17-21(18)15(12-26-17)11-16-9-10-20(34-16)14-5-2-1-3-6-14/h1-10,12,19,22-24,26-31H,11,13H2/t19-,22-,23+,24?,25+/m1/s1. The Morgan fingerprint density at radius 3 is 2.56 bits per heavy atom. The van der Waals surface area contributed by atoms with Gasteiger partial charge in [0.1, 0.15) is 18.0 Å². The fourth-order valence-electron chi connectivity index (χ4n) is 4.24. The average molecular weight is 484 g/mol. The topological polar surface area (TPSA) is 135 Å². The summed E-state index contributed by atoms with van der Waals surface area (Å²) in [6.07, 6.45) is -4.39. The molecule has 4 aromatic rings. The van der Waals surface area contributed by atoms with Gasteiger partial charge in [-0.1, -0.05) is 36.4 Å². The second-order valence-electron chi connectivity index (χ2n) is 8.30. The molecule has 0 amide bonds. The van der Waals surface area contributed by atoms with E-state index in [-0.39, 0.29) is 5.75 Å². The lowest BCUT2D eigenvalue weighted by Gasteiger charge is -2.45. The van der Waals surface area contributed by atoms with E-state index in [0.717, 1.165) is 26.4 Å². The molecule has 0 saturated carbocycles. The third-order valence-electron chi connectivity index (χ3n) is 6.07. The first-order valence-corrected chi connectivity index (χ1v) is 11.7. The SMILES string of the molecule is OC[C@H]1OC(O)[C@@](O)(Oc2cccc3[nH]cc(Cc4ccc(-c5ccccc5)s4)c23)[C@@H](O)[C@@H]1O. The molecule has 9 heteroatoms. The second kappa shape index (κ2) is 9.12. The van der Waals surface area contributed by atoms with Gasteiger partial charge in [0.15, 0.2) is 6.10 Å². The van der Waals surface area contributed by atoms with Crippen molar-refractivity contribution in [3.8, 4) is 16.2 Å². The first-order valence-electron chi connectivity index (χ1n) is 10.9. The van der Waals surface area contributed by atoms with Crippen LogP contribution < -0.4 is 4.74 Å². The van der Waals surface area contributed by atoms with E-state index in [1.165, 1.54) is 0 Å². The maximum absolute atomic E-state index is 11.0. The molecule has 1 fully saturated rings. The Morgan fingerprint density at radius 1 is 1.00 bits per heavy atom. The molecule has 3 heterocycles. The monoisotopic (exact) mass is 483 g/mol. The Morgan fingerprint density at radius 2 is 1.79 bits per heavy atom. The van der Waals surface area contributed by atoms with Gasteiger partial charge in [-0.15, -0.1) is 11.3 Å². The molecule has 0 spiro atoms. The lowest BCUT2D eigenvalue weighted by molar-refractivity contribution is -0.385.